The Hall–Kier alpha value is -3.81. The number of hydrogen-bond donors (Lipinski definition) is 1. The van der Waals surface area contributed by atoms with Crippen molar-refractivity contribution in [3.8, 4) is 0 Å². The van der Waals surface area contributed by atoms with Crippen molar-refractivity contribution in [2.24, 2.45) is 5.92 Å². The molecule has 4 rings (SSSR count). The van der Waals surface area contributed by atoms with Gasteiger partial charge in [-0.15, -0.1) is 5.06 Å². The number of aromatic amines is 1. The highest BCUT2D eigenvalue weighted by Gasteiger charge is 2.49. The highest BCUT2D eigenvalue weighted by molar-refractivity contribution is 6.30. The molecular weight excluding hydrogens is 627 g/mol. The molecule has 1 aliphatic heterocycles. The maximum atomic E-state index is 14.9. The van der Waals surface area contributed by atoms with E-state index in [-0.39, 0.29) is 32.2 Å². The molecule has 10 nitrogen and oxygen atoms in total. The van der Waals surface area contributed by atoms with E-state index in [1.165, 1.54) is 12.0 Å². The van der Waals surface area contributed by atoms with Crippen LogP contribution in [-0.2, 0) is 25.6 Å². The number of likely N-dealkylation sites (N-methyl/N-ethyl adjacent to an activating group) is 1. The summed E-state index contributed by atoms with van der Waals surface area (Å²) in [4.78, 5) is 54.0. The zero-order chi connectivity index (χ0) is 33.8. The fraction of sp³-hybridized carbons (Fsp3) is 0.469. The molecule has 0 saturated carbocycles. The van der Waals surface area contributed by atoms with E-state index >= 15 is 0 Å². The van der Waals surface area contributed by atoms with Gasteiger partial charge in [0.1, 0.15) is 0 Å². The first-order valence-electron chi connectivity index (χ1n) is 14.9. The largest absolute Gasteiger partial charge is 0.493 e. The van der Waals surface area contributed by atoms with Gasteiger partial charge in [0.25, 0.3) is 5.91 Å². The lowest BCUT2D eigenvalue weighted by atomic mass is 9.88. The number of hydroxylamine groups is 2. The predicted octanol–water partition coefficient (Wildman–Crippen LogP) is 5.47. The van der Waals surface area contributed by atoms with Crippen molar-refractivity contribution in [2.75, 3.05) is 58.9 Å². The lowest BCUT2D eigenvalue weighted by Gasteiger charge is -2.41. The minimum atomic E-state index is -5.44. The van der Waals surface area contributed by atoms with Crippen LogP contribution in [0.4, 0.5) is 23.7 Å². The van der Waals surface area contributed by atoms with Crippen LogP contribution in [0.1, 0.15) is 30.9 Å². The molecule has 0 fully saturated rings. The number of halogens is 4. The predicted molar refractivity (Wildman–Crippen MR) is 169 cm³/mol. The standard InChI is InChI=1S/C32H39ClF3N5O5/c1-6-39(13-14-45-5)31(44)41(46-30(43)32(34,35)36)28(20(2)25-17-37-26-10-8-7-9-24(25)26)29(42)40-19-21(18-38(3)4)15-22-16-23(33)11-12-27(22)40/h7-12,16-17,20-21,28,37H,6,13-15,18-19H2,1-5H3/t20?,21-,28?/m1/s1. The van der Waals surface area contributed by atoms with Gasteiger partial charge >= 0.3 is 18.2 Å². The molecule has 0 radical (unpaired) electrons. The van der Waals surface area contributed by atoms with Crippen molar-refractivity contribution in [3.05, 3.63) is 64.8 Å². The summed E-state index contributed by atoms with van der Waals surface area (Å²) in [5, 5.41) is 1.47. The lowest BCUT2D eigenvalue weighted by molar-refractivity contribution is -0.235. The lowest BCUT2D eigenvalue weighted by Crippen LogP contribution is -2.59. The Morgan fingerprint density at radius 1 is 1.15 bits per heavy atom. The average molecular weight is 666 g/mol. The number of carbonyl (C=O) groups excluding carboxylic acids is 3. The van der Waals surface area contributed by atoms with Crippen molar-refractivity contribution < 1.29 is 37.1 Å². The van der Waals surface area contributed by atoms with E-state index in [2.05, 4.69) is 4.98 Å². The number of ether oxygens (including phenoxy) is 1. The second kappa shape index (κ2) is 14.7. The van der Waals surface area contributed by atoms with Crippen LogP contribution in [0.2, 0.25) is 5.02 Å². The second-order valence-electron chi connectivity index (χ2n) is 11.6. The first-order chi connectivity index (χ1) is 21.8. The van der Waals surface area contributed by atoms with Crippen LogP contribution in [0, 0.1) is 5.92 Å². The third-order valence-corrected chi connectivity index (χ3v) is 8.32. The van der Waals surface area contributed by atoms with E-state index in [0.717, 1.165) is 16.0 Å². The molecule has 3 aromatic rings. The molecule has 250 valence electrons. The maximum Gasteiger partial charge on any atom is 0.493 e. The summed E-state index contributed by atoms with van der Waals surface area (Å²) in [7, 11) is 5.21. The average Bonchev–Trinajstić information content (AvgIpc) is 3.43. The Labute approximate surface area is 270 Å². The summed E-state index contributed by atoms with van der Waals surface area (Å²) in [6.07, 6.45) is -3.19. The van der Waals surface area contributed by atoms with Crippen molar-refractivity contribution >= 4 is 46.1 Å². The van der Waals surface area contributed by atoms with E-state index in [9.17, 15) is 27.6 Å². The minimum absolute atomic E-state index is 0.0236. The molecule has 3 amide bonds. The third-order valence-electron chi connectivity index (χ3n) is 8.08. The normalized spacial score (nSPS) is 16.2. The van der Waals surface area contributed by atoms with Crippen LogP contribution >= 0.6 is 11.6 Å². The molecule has 0 spiro atoms. The maximum absolute atomic E-state index is 14.9. The monoisotopic (exact) mass is 665 g/mol. The quantitative estimate of drug-likeness (QED) is 0.289. The van der Waals surface area contributed by atoms with Gasteiger partial charge in [0.15, 0.2) is 6.04 Å². The van der Waals surface area contributed by atoms with Gasteiger partial charge in [-0.2, -0.15) is 13.2 Å². The Balaban J connectivity index is 1.90. The Morgan fingerprint density at radius 2 is 1.87 bits per heavy atom. The summed E-state index contributed by atoms with van der Waals surface area (Å²) in [6, 6.07) is 9.50. The fourth-order valence-corrected chi connectivity index (χ4v) is 6.16. The number of rotatable bonds is 10. The zero-order valence-electron chi connectivity index (χ0n) is 26.4. The van der Waals surface area contributed by atoms with E-state index in [0.29, 0.717) is 39.7 Å². The second-order valence-corrected chi connectivity index (χ2v) is 12.1. The van der Waals surface area contributed by atoms with E-state index < -0.39 is 36.0 Å². The van der Waals surface area contributed by atoms with Crippen molar-refractivity contribution in [1.29, 1.82) is 0 Å². The molecular formula is C32H39ClF3N5O5. The van der Waals surface area contributed by atoms with Crippen LogP contribution in [0.15, 0.2) is 48.7 Å². The molecule has 2 aromatic carbocycles. The first-order valence-corrected chi connectivity index (χ1v) is 15.3. The molecule has 1 aromatic heterocycles. The number of methoxy groups -OCH3 is 1. The van der Waals surface area contributed by atoms with Crippen LogP contribution < -0.4 is 4.90 Å². The molecule has 1 aliphatic rings. The molecule has 2 heterocycles. The molecule has 1 N–H and O–H groups in total. The number of para-hydroxylation sites is 1. The molecule has 0 aliphatic carbocycles. The van der Waals surface area contributed by atoms with Gasteiger partial charge in [-0.25, -0.2) is 9.59 Å². The Morgan fingerprint density at radius 3 is 2.52 bits per heavy atom. The number of carbonyl (C=O) groups is 3. The Bertz CT molecular complexity index is 1550. The topological polar surface area (TPSA) is 98.4 Å². The number of anilines is 1. The van der Waals surface area contributed by atoms with Crippen LogP contribution in [0.3, 0.4) is 0 Å². The Kier molecular flexibility index (Phi) is 11.2. The number of nitrogens with zero attached hydrogens (tertiary/aromatic N) is 4. The molecule has 14 heteroatoms. The summed E-state index contributed by atoms with van der Waals surface area (Å²) < 4.78 is 46.2. The highest BCUT2D eigenvalue weighted by Crippen LogP contribution is 2.37. The number of aromatic nitrogens is 1. The van der Waals surface area contributed by atoms with E-state index in [1.807, 2.05) is 31.1 Å². The molecule has 46 heavy (non-hydrogen) atoms. The fourth-order valence-electron chi connectivity index (χ4n) is 5.96. The van der Waals surface area contributed by atoms with Gasteiger partial charge in [-0.05, 0) is 68.8 Å². The summed E-state index contributed by atoms with van der Waals surface area (Å²) in [5.74, 6) is -4.34. The number of amides is 3. The molecule has 0 bridgehead atoms. The molecule has 0 saturated heterocycles. The van der Waals surface area contributed by atoms with Gasteiger partial charge in [0, 0.05) is 67.0 Å². The number of benzene rings is 2. The number of urea groups is 1. The van der Waals surface area contributed by atoms with Crippen LogP contribution in [-0.4, -0.2) is 104 Å². The smallest absolute Gasteiger partial charge is 0.383 e. The van der Waals surface area contributed by atoms with Gasteiger partial charge in [0.05, 0.1) is 6.61 Å². The number of hydrogen-bond acceptors (Lipinski definition) is 6. The van der Waals surface area contributed by atoms with E-state index in [4.69, 9.17) is 21.2 Å². The van der Waals surface area contributed by atoms with Gasteiger partial charge in [-0.1, -0.05) is 36.7 Å². The van der Waals surface area contributed by atoms with Crippen LogP contribution in [0.25, 0.3) is 10.9 Å². The number of alkyl halides is 3. The summed E-state index contributed by atoms with van der Waals surface area (Å²) in [5.41, 5.74) is 2.56. The third kappa shape index (κ3) is 7.76. The van der Waals surface area contributed by atoms with E-state index in [1.54, 1.807) is 50.4 Å². The first kappa shape index (κ1) is 35.1. The van der Waals surface area contributed by atoms with Gasteiger partial charge in [0.2, 0.25) is 0 Å². The van der Waals surface area contributed by atoms with Crippen LogP contribution in [0.5, 0.6) is 0 Å². The van der Waals surface area contributed by atoms with Crippen molar-refractivity contribution in [3.63, 3.8) is 0 Å². The van der Waals surface area contributed by atoms with Crippen molar-refractivity contribution in [2.45, 2.75) is 38.4 Å². The summed E-state index contributed by atoms with van der Waals surface area (Å²) in [6.45, 7) is 4.13. The zero-order valence-corrected chi connectivity index (χ0v) is 27.2. The molecule has 2 unspecified atom stereocenters. The minimum Gasteiger partial charge on any atom is -0.383 e. The summed E-state index contributed by atoms with van der Waals surface area (Å²) >= 11 is 6.33. The van der Waals surface area contributed by atoms with Gasteiger partial charge < -0.3 is 29.3 Å². The molecule has 3 atom stereocenters. The number of fused-ring (bicyclic) bond motifs is 2. The SMILES string of the molecule is CCN(CCOC)C(=O)N(OC(=O)C(F)(F)F)C(C(=O)N1C[C@@H](CN(C)C)Cc2cc(Cl)ccc21)C(C)c1c[nH]c2ccccc12. The number of nitrogens with one attached hydrogen (secondary N) is 1. The van der Waals surface area contributed by atoms with Gasteiger partial charge in [-0.3, -0.25) is 4.79 Å². The number of H-pyrrole nitrogens is 1. The van der Waals surface area contributed by atoms with Crippen molar-refractivity contribution in [1.82, 2.24) is 19.8 Å². The highest BCUT2D eigenvalue weighted by atomic mass is 35.5.